The van der Waals surface area contributed by atoms with Crippen LogP contribution in [0.15, 0.2) is 0 Å². The number of alkyl carbamates (subject to hydrolysis) is 1. The number of carbonyl (C=O) groups is 2. The molecule has 110 valence electrons. The lowest BCUT2D eigenvalue weighted by Crippen LogP contribution is -2.48. The second-order valence-electron chi connectivity index (χ2n) is 6.02. The van der Waals surface area contributed by atoms with Gasteiger partial charge in [0.1, 0.15) is 11.6 Å². The minimum atomic E-state index is -0.541. The molecule has 0 aromatic carbocycles. The molecule has 1 fully saturated rings. The second-order valence-corrected chi connectivity index (χ2v) is 6.02. The van der Waals surface area contributed by atoms with Crippen LogP contribution in [-0.4, -0.2) is 41.6 Å². The van der Waals surface area contributed by atoms with E-state index >= 15 is 0 Å². The molecule has 1 saturated heterocycles. The van der Waals surface area contributed by atoms with Gasteiger partial charge in [-0.05, 0) is 46.5 Å². The maximum Gasteiger partial charge on any atom is 0.408 e. The van der Waals surface area contributed by atoms with E-state index in [-0.39, 0.29) is 5.91 Å². The van der Waals surface area contributed by atoms with Crippen LogP contribution in [0.1, 0.15) is 53.4 Å². The molecular weight excluding hydrogens is 244 g/mol. The van der Waals surface area contributed by atoms with Crippen LogP contribution >= 0.6 is 0 Å². The maximum absolute atomic E-state index is 12.3. The van der Waals surface area contributed by atoms with E-state index in [2.05, 4.69) is 12.2 Å². The van der Waals surface area contributed by atoms with Crippen molar-refractivity contribution in [3.8, 4) is 0 Å². The van der Waals surface area contributed by atoms with Gasteiger partial charge in [-0.25, -0.2) is 4.79 Å². The number of amides is 2. The van der Waals surface area contributed by atoms with Crippen molar-refractivity contribution >= 4 is 12.0 Å². The molecule has 0 radical (unpaired) electrons. The summed E-state index contributed by atoms with van der Waals surface area (Å²) in [7, 11) is 0. The highest BCUT2D eigenvalue weighted by Crippen LogP contribution is 2.14. The number of ether oxygens (including phenoxy) is 1. The van der Waals surface area contributed by atoms with Gasteiger partial charge in [0.15, 0.2) is 0 Å². The van der Waals surface area contributed by atoms with Gasteiger partial charge in [-0.3, -0.25) is 4.79 Å². The van der Waals surface area contributed by atoms with Gasteiger partial charge in [0.2, 0.25) is 5.91 Å². The summed E-state index contributed by atoms with van der Waals surface area (Å²) in [5.74, 6) is 0.0187. The first-order valence-electron chi connectivity index (χ1n) is 7.12. The van der Waals surface area contributed by atoms with E-state index in [0.717, 1.165) is 32.4 Å². The molecule has 5 nitrogen and oxygen atoms in total. The number of likely N-dealkylation sites (tertiary alicyclic amines) is 1. The Morgan fingerprint density at radius 3 is 2.68 bits per heavy atom. The van der Waals surface area contributed by atoms with Crippen molar-refractivity contribution in [2.45, 2.75) is 65.0 Å². The van der Waals surface area contributed by atoms with Crippen LogP contribution in [0.5, 0.6) is 0 Å². The van der Waals surface area contributed by atoms with Crippen LogP contribution < -0.4 is 5.32 Å². The lowest BCUT2D eigenvalue weighted by Gasteiger charge is -2.26. The van der Waals surface area contributed by atoms with E-state index in [1.165, 1.54) is 0 Å². The van der Waals surface area contributed by atoms with Crippen LogP contribution in [0.4, 0.5) is 4.79 Å². The monoisotopic (exact) mass is 270 g/mol. The summed E-state index contributed by atoms with van der Waals surface area (Å²) in [6, 6.07) is -0.441. The SMILES string of the molecule is CCCN1CCCCC(NC(=O)OC(C)(C)C)C1=O. The van der Waals surface area contributed by atoms with E-state index in [1.807, 2.05) is 25.7 Å². The molecule has 5 heteroatoms. The molecule has 0 aromatic heterocycles. The average Bonchev–Trinajstić information content (AvgIpc) is 2.42. The quantitative estimate of drug-likeness (QED) is 0.856. The zero-order valence-corrected chi connectivity index (χ0v) is 12.5. The Morgan fingerprint density at radius 2 is 2.11 bits per heavy atom. The van der Waals surface area contributed by atoms with Gasteiger partial charge in [-0.2, -0.15) is 0 Å². The van der Waals surface area contributed by atoms with Crippen molar-refractivity contribution in [3.05, 3.63) is 0 Å². The first kappa shape index (κ1) is 15.8. The third-order valence-electron chi connectivity index (χ3n) is 2.97. The molecule has 1 aliphatic heterocycles. The Balaban J connectivity index is 2.59. The number of hydrogen-bond acceptors (Lipinski definition) is 3. The van der Waals surface area contributed by atoms with E-state index in [0.29, 0.717) is 6.42 Å². The lowest BCUT2D eigenvalue weighted by atomic mass is 10.1. The Bertz CT molecular complexity index is 323. The van der Waals surface area contributed by atoms with Crippen molar-refractivity contribution in [2.24, 2.45) is 0 Å². The van der Waals surface area contributed by atoms with Gasteiger partial charge in [0.25, 0.3) is 0 Å². The molecule has 1 unspecified atom stereocenters. The number of nitrogens with zero attached hydrogens (tertiary/aromatic N) is 1. The zero-order valence-electron chi connectivity index (χ0n) is 12.5. The summed E-state index contributed by atoms with van der Waals surface area (Å²) in [5.41, 5.74) is -0.541. The molecule has 1 aliphatic rings. The van der Waals surface area contributed by atoms with Crippen molar-refractivity contribution in [1.29, 1.82) is 0 Å². The fraction of sp³-hybridized carbons (Fsp3) is 0.857. The predicted octanol–water partition coefficient (Wildman–Crippen LogP) is 2.30. The molecule has 0 aromatic rings. The van der Waals surface area contributed by atoms with Gasteiger partial charge < -0.3 is 15.0 Å². The molecule has 2 amide bonds. The smallest absolute Gasteiger partial charge is 0.408 e. The molecule has 19 heavy (non-hydrogen) atoms. The highest BCUT2D eigenvalue weighted by molar-refractivity contribution is 5.85. The average molecular weight is 270 g/mol. The highest BCUT2D eigenvalue weighted by Gasteiger charge is 2.29. The predicted molar refractivity (Wildman–Crippen MR) is 73.9 cm³/mol. The van der Waals surface area contributed by atoms with E-state index in [4.69, 9.17) is 4.74 Å². The Labute approximate surface area is 115 Å². The zero-order chi connectivity index (χ0) is 14.5. The molecule has 1 rings (SSSR count). The Kier molecular flexibility index (Phi) is 5.63. The minimum absolute atomic E-state index is 0.0187. The number of nitrogens with one attached hydrogen (secondary N) is 1. The summed E-state index contributed by atoms with van der Waals surface area (Å²) in [6.45, 7) is 9.03. The van der Waals surface area contributed by atoms with Crippen LogP contribution in [-0.2, 0) is 9.53 Å². The molecular formula is C14H26N2O3. The van der Waals surface area contributed by atoms with Crippen molar-refractivity contribution in [1.82, 2.24) is 10.2 Å². The van der Waals surface area contributed by atoms with Gasteiger partial charge in [0.05, 0.1) is 0 Å². The highest BCUT2D eigenvalue weighted by atomic mass is 16.6. The van der Waals surface area contributed by atoms with Crippen LogP contribution in [0.3, 0.4) is 0 Å². The van der Waals surface area contributed by atoms with Crippen LogP contribution in [0, 0.1) is 0 Å². The Morgan fingerprint density at radius 1 is 1.42 bits per heavy atom. The third-order valence-corrected chi connectivity index (χ3v) is 2.97. The van der Waals surface area contributed by atoms with Gasteiger partial charge in [-0.1, -0.05) is 6.92 Å². The lowest BCUT2D eigenvalue weighted by molar-refractivity contribution is -0.133. The third kappa shape index (κ3) is 5.49. The first-order chi connectivity index (χ1) is 8.83. The molecule has 1 atom stereocenters. The summed E-state index contributed by atoms with van der Waals surface area (Å²) in [6.07, 6.45) is 3.07. The van der Waals surface area contributed by atoms with Crippen molar-refractivity contribution in [2.75, 3.05) is 13.1 Å². The number of carbonyl (C=O) groups excluding carboxylic acids is 2. The minimum Gasteiger partial charge on any atom is -0.444 e. The van der Waals surface area contributed by atoms with Crippen LogP contribution in [0.25, 0.3) is 0 Å². The van der Waals surface area contributed by atoms with Crippen molar-refractivity contribution in [3.63, 3.8) is 0 Å². The number of hydrogen-bond donors (Lipinski definition) is 1. The molecule has 0 bridgehead atoms. The van der Waals surface area contributed by atoms with Gasteiger partial charge >= 0.3 is 6.09 Å². The van der Waals surface area contributed by atoms with E-state index in [1.54, 1.807) is 0 Å². The van der Waals surface area contributed by atoms with Crippen molar-refractivity contribution < 1.29 is 14.3 Å². The largest absolute Gasteiger partial charge is 0.444 e. The summed E-state index contributed by atoms with van der Waals surface area (Å²) < 4.78 is 5.20. The summed E-state index contributed by atoms with van der Waals surface area (Å²) in [4.78, 5) is 25.9. The molecule has 0 aliphatic carbocycles. The molecule has 0 spiro atoms. The van der Waals surface area contributed by atoms with Crippen LogP contribution in [0.2, 0.25) is 0 Å². The fourth-order valence-electron chi connectivity index (χ4n) is 2.18. The molecule has 1 heterocycles. The van der Waals surface area contributed by atoms with E-state index in [9.17, 15) is 9.59 Å². The Hall–Kier alpha value is -1.26. The topological polar surface area (TPSA) is 58.6 Å². The second kappa shape index (κ2) is 6.78. The van der Waals surface area contributed by atoms with E-state index < -0.39 is 17.7 Å². The van der Waals surface area contributed by atoms with Gasteiger partial charge in [-0.15, -0.1) is 0 Å². The fourth-order valence-corrected chi connectivity index (χ4v) is 2.18. The molecule has 0 saturated carbocycles. The normalized spacial score (nSPS) is 20.9. The summed E-state index contributed by atoms with van der Waals surface area (Å²) in [5, 5.41) is 2.70. The maximum atomic E-state index is 12.3. The standard InChI is InChI=1S/C14H26N2O3/c1-5-9-16-10-7-6-8-11(12(16)17)15-13(18)19-14(2,3)4/h11H,5-10H2,1-4H3,(H,15,18). The summed E-state index contributed by atoms with van der Waals surface area (Å²) >= 11 is 0. The van der Waals surface area contributed by atoms with Gasteiger partial charge in [0, 0.05) is 13.1 Å². The first-order valence-corrected chi connectivity index (χ1v) is 7.12. The number of rotatable bonds is 3. The molecule has 1 N–H and O–H groups in total.